The van der Waals surface area contributed by atoms with Crippen LogP contribution in [0.3, 0.4) is 0 Å². The smallest absolute Gasteiger partial charge is 0.140 e. The van der Waals surface area contributed by atoms with Crippen molar-refractivity contribution in [2.75, 3.05) is 0 Å². The Hall–Kier alpha value is -1.72. The highest BCUT2D eigenvalue weighted by atomic mass is 32.1. The lowest BCUT2D eigenvalue weighted by Crippen LogP contribution is -1.97. The van der Waals surface area contributed by atoms with Gasteiger partial charge in [0.1, 0.15) is 5.65 Å². The van der Waals surface area contributed by atoms with Crippen molar-refractivity contribution in [2.24, 2.45) is 5.73 Å². The standard InChI is InChI=1S/C13H14N4S/c1-9-16-6-11(18-9)8-17-7-10(5-14)12-3-2-4-15-13(12)17/h2-4,6-7H,5,8,14H2,1H3. The molecule has 3 aromatic rings. The molecule has 0 aromatic carbocycles. The molecule has 3 heterocycles. The van der Waals surface area contributed by atoms with Gasteiger partial charge >= 0.3 is 0 Å². The minimum Gasteiger partial charge on any atom is -0.327 e. The van der Waals surface area contributed by atoms with Crippen LogP contribution in [0.5, 0.6) is 0 Å². The van der Waals surface area contributed by atoms with Crippen molar-refractivity contribution in [3.8, 4) is 0 Å². The van der Waals surface area contributed by atoms with Crippen molar-refractivity contribution in [1.29, 1.82) is 0 Å². The zero-order chi connectivity index (χ0) is 12.5. The molecule has 4 nitrogen and oxygen atoms in total. The molecular formula is C13H14N4S. The fourth-order valence-electron chi connectivity index (χ4n) is 2.12. The molecule has 0 amide bonds. The maximum absolute atomic E-state index is 5.78. The van der Waals surface area contributed by atoms with Crippen molar-refractivity contribution in [3.05, 3.63) is 46.2 Å². The van der Waals surface area contributed by atoms with Crippen LogP contribution in [0.4, 0.5) is 0 Å². The maximum atomic E-state index is 5.78. The van der Waals surface area contributed by atoms with Gasteiger partial charge in [0.15, 0.2) is 0 Å². The highest BCUT2D eigenvalue weighted by molar-refractivity contribution is 7.11. The second-order valence-electron chi connectivity index (χ2n) is 4.21. The Morgan fingerprint density at radius 1 is 1.39 bits per heavy atom. The summed E-state index contributed by atoms with van der Waals surface area (Å²) < 4.78 is 2.14. The first-order chi connectivity index (χ1) is 8.78. The van der Waals surface area contributed by atoms with Gasteiger partial charge in [0.05, 0.1) is 11.6 Å². The Morgan fingerprint density at radius 2 is 2.28 bits per heavy atom. The summed E-state index contributed by atoms with van der Waals surface area (Å²) >= 11 is 1.72. The Kier molecular flexibility index (Phi) is 2.85. The number of hydrogen-bond acceptors (Lipinski definition) is 4. The Morgan fingerprint density at radius 3 is 3.00 bits per heavy atom. The van der Waals surface area contributed by atoms with Crippen LogP contribution >= 0.6 is 11.3 Å². The Bertz CT molecular complexity index is 683. The van der Waals surface area contributed by atoms with Gasteiger partial charge in [-0.25, -0.2) is 9.97 Å². The van der Waals surface area contributed by atoms with Crippen LogP contribution in [0.15, 0.2) is 30.7 Å². The first-order valence-electron chi connectivity index (χ1n) is 5.82. The number of pyridine rings is 1. The highest BCUT2D eigenvalue weighted by Gasteiger charge is 2.09. The molecule has 0 aliphatic rings. The number of nitrogens with zero attached hydrogens (tertiary/aromatic N) is 3. The Labute approximate surface area is 109 Å². The van der Waals surface area contributed by atoms with Gasteiger partial charge in [-0.2, -0.15) is 0 Å². The van der Waals surface area contributed by atoms with Crippen molar-refractivity contribution >= 4 is 22.4 Å². The molecule has 2 N–H and O–H groups in total. The van der Waals surface area contributed by atoms with E-state index in [1.54, 1.807) is 11.3 Å². The predicted octanol–water partition coefficient (Wildman–Crippen LogP) is 2.31. The molecular weight excluding hydrogens is 244 g/mol. The lowest BCUT2D eigenvalue weighted by molar-refractivity contribution is 0.830. The van der Waals surface area contributed by atoms with E-state index in [-0.39, 0.29) is 0 Å². The van der Waals surface area contributed by atoms with Crippen LogP contribution in [-0.4, -0.2) is 14.5 Å². The quantitative estimate of drug-likeness (QED) is 0.784. The summed E-state index contributed by atoms with van der Waals surface area (Å²) in [6.45, 7) is 3.36. The van der Waals surface area contributed by atoms with Crippen molar-refractivity contribution in [1.82, 2.24) is 14.5 Å². The van der Waals surface area contributed by atoms with E-state index in [9.17, 15) is 0 Å². The molecule has 0 bridgehead atoms. The molecule has 0 fully saturated rings. The van der Waals surface area contributed by atoms with Crippen LogP contribution in [0.1, 0.15) is 15.4 Å². The molecule has 0 unspecified atom stereocenters. The molecule has 0 aliphatic carbocycles. The molecule has 3 aromatic heterocycles. The number of hydrogen-bond donors (Lipinski definition) is 1. The fraction of sp³-hybridized carbons (Fsp3) is 0.231. The van der Waals surface area contributed by atoms with E-state index in [1.807, 2.05) is 25.4 Å². The van der Waals surface area contributed by atoms with Crippen LogP contribution in [0.2, 0.25) is 0 Å². The summed E-state index contributed by atoms with van der Waals surface area (Å²) in [6, 6.07) is 4.02. The van der Waals surface area contributed by atoms with E-state index in [0.29, 0.717) is 6.54 Å². The third kappa shape index (κ3) is 1.91. The lowest BCUT2D eigenvalue weighted by atomic mass is 10.2. The highest BCUT2D eigenvalue weighted by Crippen LogP contribution is 2.21. The van der Waals surface area contributed by atoms with E-state index in [4.69, 9.17) is 5.73 Å². The number of nitrogens with two attached hydrogens (primary N) is 1. The van der Waals surface area contributed by atoms with Gasteiger partial charge in [0, 0.05) is 35.4 Å². The molecule has 18 heavy (non-hydrogen) atoms. The first kappa shape index (κ1) is 11.4. The summed E-state index contributed by atoms with van der Waals surface area (Å²) in [5.41, 5.74) is 7.90. The summed E-state index contributed by atoms with van der Waals surface area (Å²) in [5.74, 6) is 0. The van der Waals surface area contributed by atoms with Crippen molar-refractivity contribution in [3.63, 3.8) is 0 Å². The summed E-state index contributed by atoms with van der Waals surface area (Å²) in [7, 11) is 0. The summed E-state index contributed by atoms with van der Waals surface area (Å²) in [5, 5.41) is 2.23. The number of thiazole rings is 1. The molecule has 0 atom stereocenters. The second kappa shape index (κ2) is 4.51. The molecule has 0 radical (unpaired) electrons. The van der Waals surface area contributed by atoms with Gasteiger partial charge in [0.25, 0.3) is 0 Å². The van der Waals surface area contributed by atoms with E-state index in [0.717, 1.165) is 28.1 Å². The second-order valence-corrected chi connectivity index (χ2v) is 5.53. The molecule has 3 rings (SSSR count). The van der Waals surface area contributed by atoms with E-state index < -0.39 is 0 Å². The largest absolute Gasteiger partial charge is 0.327 e. The van der Waals surface area contributed by atoms with Crippen LogP contribution in [0.25, 0.3) is 11.0 Å². The molecule has 0 spiro atoms. The fourth-order valence-corrected chi connectivity index (χ4v) is 2.92. The molecule has 5 heteroatoms. The Balaban J connectivity index is 2.06. The van der Waals surface area contributed by atoms with Gasteiger partial charge in [-0.15, -0.1) is 11.3 Å². The van der Waals surface area contributed by atoms with Gasteiger partial charge in [-0.3, -0.25) is 0 Å². The van der Waals surface area contributed by atoms with Gasteiger partial charge < -0.3 is 10.3 Å². The summed E-state index contributed by atoms with van der Waals surface area (Å²) in [6.07, 6.45) is 5.83. The van der Waals surface area contributed by atoms with Crippen molar-refractivity contribution in [2.45, 2.75) is 20.0 Å². The third-order valence-corrected chi connectivity index (χ3v) is 3.83. The normalized spacial score (nSPS) is 11.2. The topological polar surface area (TPSA) is 56.7 Å². The number of fused-ring (bicyclic) bond motifs is 1. The molecule has 0 saturated heterocycles. The average Bonchev–Trinajstić information content (AvgIpc) is 2.95. The van der Waals surface area contributed by atoms with E-state index in [2.05, 4.69) is 26.8 Å². The summed E-state index contributed by atoms with van der Waals surface area (Å²) in [4.78, 5) is 9.96. The average molecular weight is 258 g/mol. The zero-order valence-electron chi connectivity index (χ0n) is 10.1. The lowest BCUT2D eigenvalue weighted by Gasteiger charge is -2.01. The molecule has 92 valence electrons. The van der Waals surface area contributed by atoms with Crippen LogP contribution < -0.4 is 5.73 Å². The predicted molar refractivity (Wildman–Crippen MR) is 73.6 cm³/mol. The van der Waals surface area contributed by atoms with E-state index in [1.165, 1.54) is 4.88 Å². The van der Waals surface area contributed by atoms with Crippen LogP contribution in [-0.2, 0) is 13.1 Å². The molecule has 0 saturated carbocycles. The monoisotopic (exact) mass is 258 g/mol. The van der Waals surface area contributed by atoms with Gasteiger partial charge in [-0.1, -0.05) is 0 Å². The number of aromatic nitrogens is 3. The SMILES string of the molecule is Cc1ncc(Cn2cc(CN)c3cccnc32)s1. The third-order valence-electron chi connectivity index (χ3n) is 2.93. The zero-order valence-corrected chi connectivity index (χ0v) is 10.9. The van der Waals surface area contributed by atoms with Gasteiger partial charge in [-0.05, 0) is 24.6 Å². The number of rotatable bonds is 3. The van der Waals surface area contributed by atoms with Crippen molar-refractivity contribution < 1.29 is 0 Å². The minimum atomic E-state index is 0.539. The van der Waals surface area contributed by atoms with Crippen LogP contribution in [0, 0.1) is 6.92 Å². The number of aryl methyl sites for hydroxylation is 1. The van der Waals surface area contributed by atoms with E-state index >= 15 is 0 Å². The first-order valence-corrected chi connectivity index (χ1v) is 6.63. The maximum Gasteiger partial charge on any atom is 0.140 e. The minimum absolute atomic E-state index is 0.539. The molecule has 0 aliphatic heterocycles. The van der Waals surface area contributed by atoms with Gasteiger partial charge in [0.2, 0.25) is 0 Å².